The topological polar surface area (TPSA) is 115 Å². The molecule has 3 aromatic rings. The molecule has 2 aliphatic rings. The lowest BCUT2D eigenvalue weighted by atomic mass is 9.84. The van der Waals surface area contributed by atoms with Crippen LogP contribution in [0.3, 0.4) is 0 Å². The summed E-state index contributed by atoms with van der Waals surface area (Å²) >= 11 is 0. The molecule has 1 atom stereocenters. The van der Waals surface area contributed by atoms with Gasteiger partial charge >= 0.3 is 5.97 Å². The zero-order chi connectivity index (χ0) is 32.6. The van der Waals surface area contributed by atoms with Gasteiger partial charge in [-0.3, -0.25) is 4.79 Å². The molecule has 1 heterocycles. The fraction of sp³-hybridized carbons (Fsp3) is 0.355. The van der Waals surface area contributed by atoms with Crippen LogP contribution in [0, 0.1) is 35.0 Å². The van der Waals surface area contributed by atoms with E-state index in [0.717, 1.165) is 43.4 Å². The van der Waals surface area contributed by atoms with Crippen LogP contribution in [0.25, 0.3) is 0 Å². The van der Waals surface area contributed by atoms with E-state index in [1.165, 1.54) is 17.4 Å². The first-order chi connectivity index (χ1) is 21.3. The van der Waals surface area contributed by atoms with Gasteiger partial charge in [-0.2, -0.15) is 4.31 Å². The number of rotatable bonds is 8. The smallest absolute Gasteiger partial charge is 0.339 e. The monoisotopic (exact) mass is 652 g/mol. The van der Waals surface area contributed by atoms with Gasteiger partial charge in [0.1, 0.15) is 11.3 Å². The van der Waals surface area contributed by atoms with Crippen molar-refractivity contribution in [2.45, 2.75) is 55.9 Å². The van der Waals surface area contributed by atoms with Gasteiger partial charge in [-0.05, 0) is 48.4 Å². The van der Waals surface area contributed by atoms with E-state index in [-0.39, 0.29) is 18.7 Å². The minimum Gasteiger partial charge on any atom is -0.507 e. The van der Waals surface area contributed by atoms with Gasteiger partial charge in [0.15, 0.2) is 28.2 Å². The molecular weight excluding hydrogens is 623 g/mol. The standard InChI is InChI=1S/C31H29F5N2O6S/c32-24-25(33)27(35)29(28(36)26(24)34)45(43,44)37-13-12-20(16-37)30(40)38(21-10-11-22(31(41)42)23(39)14-21)15-17-6-8-19(9-7-17)18-4-2-1-3-5-18/h6-11,14,18,20,39H,1-5,12-13,15-16H2,(H,41,42). The Labute approximate surface area is 255 Å². The van der Waals surface area contributed by atoms with Crippen LogP contribution in [0.2, 0.25) is 0 Å². The van der Waals surface area contributed by atoms with Crippen molar-refractivity contribution in [3.8, 4) is 5.75 Å². The molecule has 1 amide bonds. The van der Waals surface area contributed by atoms with Crippen molar-refractivity contribution in [1.82, 2.24) is 4.31 Å². The second-order valence-electron chi connectivity index (χ2n) is 11.3. The SMILES string of the molecule is O=C(O)c1ccc(N(Cc2ccc(C3CCCCC3)cc2)C(=O)C2CCN(S(=O)(=O)c3c(F)c(F)c(F)c(F)c3F)C2)cc1O. The van der Waals surface area contributed by atoms with Crippen LogP contribution in [-0.4, -0.2) is 47.9 Å². The summed E-state index contributed by atoms with van der Waals surface area (Å²) in [5, 5.41) is 19.6. The van der Waals surface area contributed by atoms with E-state index < -0.39 is 86.2 Å². The summed E-state index contributed by atoms with van der Waals surface area (Å²) in [4.78, 5) is 24.5. The van der Waals surface area contributed by atoms with Gasteiger partial charge in [-0.25, -0.2) is 35.2 Å². The fourth-order valence-corrected chi connectivity index (χ4v) is 7.60. The number of nitrogens with zero attached hydrogens (tertiary/aromatic N) is 2. The average Bonchev–Trinajstić information content (AvgIpc) is 3.53. The van der Waals surface area contributed by atoms with E-state index in [9.17, 15) is 50.2 Å². The molecule has 8 nitrogen and oxygen atoms in total. The van der Waals surface area contributed by atoms with Gasteiger partial charge in [0.25, 0.3) is 0 Å². The number of sulfonamides is 1. The molecule has 2 fully saturated rings. The molecule has 0 radical (unpaired) electrons. The van der Waals surface area contributed by atoms with Crippen LogP contribution in [0.1, 0.15) is 65.9 Å². The summed E-state index contributed by atoms with van der Waals surface area (Å²) in [5.74, 6) is -15.7. The number of aromatic carboxylic acids is 1. The van der Waals surface area contributed by atoms with Crippen LogP contribution in [0.5, 0.6) is 5.75 Å². The number of carbonyl (C=O) groups is 2. The van der Waals surface area contributed by atoms with Crippen LogP contribution in [-0.2, 0) is 21.4 Å². The van der Waals surface area contributed by atoms with Gasteiger partial charge in [0.2, 0.25) is 21.7 Å². The Morgan fingerprint density at radius 2 is 1.44 bits per heavy atom. The number of hydrogen-bond donors (Lipinski definition) is 2. The first-order valence-electron chi connectivity index (χ1n) is 14.3. The summed E-state index contributed by atoms with van der Waals surface area (Å²) in [5.41, 5.74) is 1.52. The van der Waals surface area contributed by atoms with Gasteiger partial charge in [0, 0.05) is 24.8 Å². The minimum atomic E-state index is -5.25. The quantitative estimate of drug-likeness (QED) is 0.173. The lowest BCUT2D eigenvalue weighted by Crippen LogP contribution is -2.38. The second kappa shape index (κ2) is 12.8. The number of carboxylic acid groups (broad SMARTS) is 1. The molecule has 1 unspecified atom stereocenters. The van der Waals surface area contributed by atoms with Crippen LogP contribution >= 0.6 is 0 Å². The highest BCUT2D eigenvalue weighted by Crippen LogP contribution is 2.35. The molecule has 2 N–H and O–H groups in total. The van der Waals surface area contributed by atoms with Crippen molar-refractivity contribution in [3.63, 3.8) is 0 Å². The van der Waals surface area contributed by atoms with Crippen LogP contribution < -0.4 is 4.90 Å². The lowest BCUT2D eigenvalue weighted by Gasteiger charge is -2.27. The largest absolute Gasteiger partial charge is 0.507 e. The van der Waals surface area contributed by atoms with Crippen LogP contribution in [0.4, 0.5) is 27.6 Å². The minimum absolute atomic E-state index is 0.0590. The Morgan fingerprint density at radius 3 is 2.02 bits per heavy atom. The molecule has 0 bridgehead atoms. The number of benzene rings is 3. The Balaban J connectivity index is 1.43. The van der Waals surface area contributed by atoms with E-state index in [4.69, 9.17) is 0 Å². The normalized spacial score (nSPS) is 17.8. The molecule has 0 spiro atoms. The number of carboxylic acids is 1. The molecule has 14 heteroatoms. The van der Waals surface area contributed by atoms with E-state index in [1.807, 2.05) is 24.3 Å². The number of anilines is 1. The first kappa shape index (κ1) is 32.4. The Hall–Kier alpha value is -4.04. The molecule has 0 aromatic heterocycles. The Morgan fingerprint density at radius 1 is 0.844 bits per heavy atom. The van der Waals surface area contributed by atoms with Crippen molar-refractivity contribution >= 4 is 27.6 Å². The van der Waals surface area contributed by atoms with E-state index in [0.29, 0.717) is 15.8 Å². The molecule has 3 aromatic carbocycles. The lowest BCUT2D eigenvalue weighted by molar-refractivity contribution is -0.122. The summed E-state index contributed by atoms with van der Waals surface area (Å²) in [6.45, 7) is -1.14. The summed E-state index contributed by atoms with van der Waals surface area (Å²) in [6.07, 6.45) is 5.48. The van der Waals surface area contributed by atoms with Crippen LogP contribution in [0.15, 0.2) is 47.4 Å². The van der Waals surface area contributed by atoms with Crippen molar-refractivity contribution < 1.29 is 50.2 Å². The van der Waals surface area contributed by atoms with Gasteiger partial charge in [-0.1, -0.05) is 43.5 Å². The van der Waals surface area contributed by atoms with Crippen molar-refractivity contribution in [2.75, 3.05) is 18.0 Å². The maximum Gasteiger partial charge on any atom is 0.339 e. The number of hydrogen-bond acceptors (Lipinski definition) is 5. The molecule has 1 saturated carbocycles. The number of halogens is 5. The predicted molar refractivity (Wildman–Crippen MR) is 152 cm³/mol. The van der Waals surface area contributed by atoms with Crippen molar-refractivity contribution in [2.24, 2.45) is 5.92 Å². The molecule has 1 aliphatic carbocycles. The molecule has 45 heavy (non-hydrogen) atoms. The zero-order valence-electron chi connectivity index (χ0n) is 23.8. The van der Waals surface area contributed by atoms with E-state index in [1.54, 1.807) is 0 Å². The predicted octanol–water partition coefficient (Wildman–Crippen LogP) is 6.08. The summed E-state index contributed by atoms with van der Waals surface area (Å²) < 4.78 is 96.6. The van der Waals surface area contributed by atoms with E-state index >= 15 is 0 Å². The number of aromatic hydroxyl groups is 1. The average molecular weight is 653 g/mol. The molecular formula is C31H29F5N2O6S. The molecule has 240 valence electrons. The fourth-order valence-electron chi connectivity index (χ4n) is 5.99. The highest BCUT2D eigenvalue weighted by atomic mass is 32.2. The third-order valence-corrected chi connectivity index (χ3v) is 10.3. The third-order valence-electron chi connectivity index (χ3n) is 8.45. The highest BCUT2D eigenvalue weighted by Gasteiger charge is 2.42. The molecule has 1 aliphatic heterocycles. The number of phenols is 1. The van der Waals surface area contributed by atoms with Gasteiger partial charge in [0.05, 0.1) is 12.5 Å². The Bertz CT molecular complexity index is 1720. The number of carbonyl (C=O) groups excluding carboxylic acids is 1. The zero-order valence-corrected chi connectivity index (χ0v) is 24.6. The summed E-state index contributed by atoms with van der Waals surface area (Å²) in [6, 6.07) is 11.1. The van der Waals surface area contributed by atoms with Crippen molar-refractivity contribution in [3.05, 3.63) is 88.2 Å². The second-order valence-corrected chi connectivity index (χ2v) is 13.1. The van der Waals surface area contributed by atoms with Gasteiger partial charge in [-0.15, -0.1) is 0 Å². The summed E-state index contributed by atoms with van der Waals surface area (Å²) in [7, 11) is -5.25. The van der Waals surface area contributed by atoms with Gasteiger partial charge < -0.3 is 15.1 Å². The first-order valence-corrected chi connectivity index (χ1v) is 15.7. The molecule has 1 saturated heterocycles. The maximum atomic E-state index is 14.4. The van der Waals surface area contributed by atoms with Crippen molar-refractivity contribution in [1.29, 1.82) is 0 Å². The maximum absolute atomic E-state index is 14.4. The Kier molecular flexibility index (Phi) is 9.17. The third kappa shape index (κ3) is 6.25. The van der Waals surface area contributed by atoms with E-state index in [2.05, 4.69) is 0 Å². The molecule has 5 rings (SSSR count). The number of amides is 1. The highest BCUT2D eigenvalue weighted by molar-refractivity contribution is 7.89.